The summed E-state index contributed by atoms with van der Waals surface area (Å²) in [7, 11) is 0. The maximum absolute atomic E-state index is 14.0. The number of amides is 2. The van der Waals surface area contributed by atoms with Crippen LogP contribution in [0.5, 0.6) is 0 Å². The van der Waals surface area contributed by atoms with E-state index in [0.29, 0.717) is 43.8 Å². The van der Waals surface area contributed by atoms with Crippen LogP contribution in [0.2, 0.25) is 0 Å². The van der Waals surface area contributed by atoms with Gasteiger partial charge in [0, 0.05) is 42.8 Å². The Morgan fingerprint density at radius 3 is 2.59 bits per heavy atom. The van der Waals surface area contributed by atoms with E-state index in [1.165, 1.54) is 6.07 Å². The zero-order valence-electron chi connectivity index (χ0n) is 18.1. The smallest absolute Gasteiger partial charge is 0.224 e. The van der Waals surface area contributed by atoms with Crippen molar-refractivity contribution >= 4 is 11.8 Å². The predicted octanol–water partition coefficient (Wildman–Crippen LogP) is 2.38. The van der Waals surface area contributed by atoms with Crippen molar-refractivity contribution in [2.24, 2.45) is 11.7 Å². The van der Waals surface area contributed by atoms with Gasteiger partial charge in [-0.1, -0.05) is 24.3 Å². The minimum atomic E-state index is -0.298. The van der Waals surface area contributed by atoms with Crippen molar-refractivity contribution in [2.45, 2.75) is 25.4 Å². The van der Waals surface area contributed by atoms with Gasteiger partial charge < -0.3 is 20.3 Å². The van der Waals surface area contributed by atoms with Crippen LogP contribution in [0.1, 0.15) is 31.1 Å². The lowest BCUT2D eigenvalue weighted by molar-refractivity contribution is -0.139. The highest BCUT2D eigenvalue weighted by molar-refractivity contribution is 5.77. The number of pyridine rings is 1. The SMILES string of the molecule is NC(=O)C1CCN(CCC(=O)N2CCO[C@H](c3ccc(-c4ccccc4F)cn3)C2)CC1. The van der Waals surface area contributed by atoms with Crippen molar-refractivity contribution in [3.63, 3.8) is 0 Å². The molecule has 3 heterocycles. The van der Waals surface area contributed by atoms with Crippen LogP contribution >= 0.6 is 0 Å². The number of benzene rings is 1. The van der Waals surface area contributed by atoms with Crippen LogP contribution in [0.3, 0.4) is 0 Å². The van der Waals surface area contributed by atoms with Gasteiger partial charge in [0.15, 0.2) is 0 Å². The molecule has 0 radical (unpaired) electrons. The Kier molecular flexibility index (Phi) is 7.12. The third-order valence-electron chi connectivity index (χ3n) is 6.35. The van der Waals surface area contributed by atoms with Crippen molar-refractivity contribution in [3.8, 4) is 11.1 Å². The van der Waals surface area contributed by atoms with E-state index in [1.54, 1.807) is 24.4 Å². The van der Waals surface area contributed by atoms with E-state index >= 15 is 0 Å². The van der Waals surface area contributed by atoms with Crippen LogP contribution < -0.4 is 5.73 Å². The molecule has 8 heteroatoms. The number of likely N-dealkylation sites (tertiary alicyclic amines) is 1. The fourth-order valence-corrected chi connectivity index (χ4v) is 4.36. The zero-order chi connectivity index (χ0) is 22.5. The van der Waals surface area contributed by atoms with Gasteiger partial charge >= 0.3 is 0 Å². The molecule has 0 bridgehead atoms. The first kappa shape index (κ1) is 22.4. The standard InChI is InChI=1S/C24H29FN4O3/c25-20-4-2-1-3-19(20)18-5-6-21(27-15-18)22-16-29(13-14-32-22)23(30)9-12-28-10-7-17(8-11-28)24(26)31/h1-6,15,17,22H,7-14,16H2,(H2,26,31)/t22-/m0/s1. The number of hydrogen-bond acceptors (Lipinski definition) is 5. The largest absolute Gasteiger partial charge is 0.369 e. The van der Waals surface area contributed by atoms with Crippen molar-refractivity contribution in [1.29, 1.82) is 0 Å². The number of rotatable bonds is 6. The minimum Gasteiger partial charge on any atom is -0.369 e. The number of morpholine rings is 1. The molecule has 2 saturated heterocycles. The highest BCUT2D eigenvalue weighted by Crippen LogP contribution is 2.26. The topological polar surface area (TPSA) is 88.8 Å². The number of ether oxygens (including phenoxy) is 1. The molecule has 2 amide bonds. The first-order valence-corrected chi connectivity index (χ1v) is 11.1. The lowest BCUT2D eigenvalue weighted by Crippen LogP contribution is -2.44. The van der Waals surface area contributed by atoms with Crippen LogP contribution in [-0.4, -0.2) is 65.9 Å². The zero-order valence-corrected chi connectivity index (χ0v) is 18.1. The van der Waals surface area contributed by atoms with E-state index in [9.17, 15) is 14.0 Å². The van der Waals surface area contributed by atoms with E-state index in [1.807, 2.05) is 17.0 Å². The van der Waals surface area contributed by atoms with Gasteiger partial charge in [0.2, 0.25) is 11.8 Å². The van der Waals surface area contributed by atoms with Crippen molar-refractivity contribution < 1.29 is 18.7 Å². The number of primary amides is 1. The molecular weight excluding hydrogens is 411 g/mol. The summed E-state index contributed by atoms with van der Waals surface area (Å²) in [5.41, 5.74) is 7.33. The van der Waals surface area contributed by atoms with E-state index in [-0.39, 0.29) is 29.7 Å². The number of hydrogen-bond donors (Lipinski definition) is 1. The van der Waals surface area contributed by atoms with Crippen LogP contribution in [0.4, 0.5) is 4.39 Å². The summed E-state index contributed by atoms with van der Waals surface area (Å²) >= 11 is 0. The fourth-order valence-electron chi connectivity index (χ4n) is 4.36. The molecular formula is C24H29FN4O3. The lowest BCUT2D eigenvalue weighted by atomic mass is 9.96. The summed E-state index contributed by atoms with van der Waals surface area (Å²) < 4.78 is 19.9. The van der Waals surface area contributed by atoms with Gasteiger partial charge in [-0.05, 0) is 38.1 Å². The molecule has 0 unspecified atom stereocenters. The van der Waals surface area contributed by atoms with Crippen molar-refractivity contribution in [3.05, 3.63) is 54.1 Å². The lowest BCUT2D eigenvalue weighted by Gasteiger charge is -2.34. The summed E-state index contributed by atoms with van der Waals surface area (Å²) in [5.74, 6) is -0.459. The quantitative estimate of drug-likeness (QED) is 0.745. The highest BCUT2D eigenvalue weighted by Gasteiger charge is 2.28. The van der Waals surface area contributed by atoms with Gasteiger partial charge in [0.05, 0.1) is 18.8 Å². The average Bonchev–Trinajstić information content (AvgIpc) is 2.83. The maximum atomic E-state index is 14.0. The minimum absolute atomic E-state index is 0.0424. The Morgan fingerprint density at radius 2 is 1.91 bits per heavy atom. The Hall–Kier alpha value is -2.84. The number of nitrogens with zero attached hydrogens (tertiary/aromatic N) is 3. The summed E-state index contributed by atoms with van der Waals surface area (Å²) in [5, 5.41) is 0. The third kappa shape index (κ3) is 5.31. The van der Waals surface area contributed by atoms with Crippen molar-refractivity contribution in [1.82, 2.24) is 14.8 Å². The molecule has 2 aliphatic heterocycles. The van der Waals surface area contributed by atoms with E-state index in [0.717, 1.165) is 31.6 Å². The number of carbonyl (C=O) groups is 2. The maximum Gasteiger partial charge on any atom is 0.224 e. The number of carbonyl (C=O) groups excluding carboxylic acids is 2. The van der Waals surface area contributed by atoms with Gasteiger partial charge in [-0.25, -0.2) is 4.39 Å². The number of nitrogens with two attached hydrogens (primary N) is 1. The monoisotopic (exact) mass is 440 g/mol. The molecule has 1 aromatic carbocycles. The van der Waals surface area contributed by atoms with Crippen molar-refractivity contribution in [2.75, 3.05) is 39.3 Å². The molecule has 4 rings (SSSR count). The van der Waals surface area contributed by atoms with Crippen LogP contribution in [0.15, 0.2) is 42.6 Å². The normalized spacial score (nSPS) is 20.3. The summed E-state index contributed by atoms with van der Waals surface area (Å²) in [6, 6.07) is 10.3. The highest BCUT2D eigenvalue weighted by atomic mass is 19.1. The second-order valence-corrected chi connectivity index (χ2v) is 8.42. The first-order chi connectivity index (χ1) is 15.5. The summed E-state index contributed by atoms with van der Waals surface area (Å²) in [4.78, 5) is 32.6. The Morgan fingerprint density at radius 1 is 1.12 bits per heavy atom. The second-order valence-electron chi connectivity index (χ2n) is 8.42. The van der Waals surface area contributed by atoms with E-state index in [2.05, 4.69) is 9.88 Å². The van der Waals surface area contributed by atoms with Crippen LogP contribution in [0, 0.1) is 11.7 Å². The van der Waals surface area contributed by atoms with Gasteiger partial charge in [0.1, 0.15) is 11.9 Å². The van der Waals surface area contributed by atoms with Gasteiger partial charge in [-0.2, -0.15) is 0 Å². The van der Waals surface area contributed by atoms with Crippen LogP contribution in [-0.2, 0) is 14.3 Å². The molecule has 2 aromatic rings. The average molecular weight is 441 g/mol. The summed E-state index contributed by atoms with van der Waals surface area (Å²) in [6.07, 6.45) is 3.31. The molecule has 2 fully saturated rings. The molecule has 1 atom stereocenters. The second kappa shape index (κ2) is 10.2. The first-order valence-electron chi connectivity index (χ1n) is 11.1. The fraction of sp³-hybridized carbons (Fsp3) is 0.458. The van der Waals surface area contributed by atoms with E-state index in [4.69, 9.17) is 10.5 Å². The Labute approximate surface area is 187 Å². The number of aromatic nitrogens is 1. The third-order valence-corrected chi connectivity index (χ3v) is 6.35. The molecule has 7 nitrogen and oxygen atoms in total. The Balaban J connectivity index is 1.30. The van der Waals surface area contributed by atoms with E-state index < -0.39 is 0 Å². The molecule has 32 heavy (non-hydrogen) atoms. The predicted molar refractivity (Wildman–Crippen MR) is 118 cm³/mol. The van der Waals surface area contributed by atoms with Gasteiger partial charge in [-0.3, -0.25) is 14.6 Å². The van der Waals surface area contributed by atoms with Crippen LogP contribution in [0.25, 0.3) is 11.1 Å². The van der Waals surface area contributed by atoms with Gasteiger partial charge in [-0.15, -0.1) is 0 Å². The molecule has 1 aromatic heterocycles. The molecule has 170 valence electrons. The van der Waals surface area contributed by atoms with Gasteiger partial charge in [0.25, 0.3) is 0 Å². The molecule has 2 aliphatic rings. The number of halogens is 1. The Bertz CT molecular complexity index is 945. The molecule has 0 spiro atoms. The number of piperidine rings is 1. The molecule has 0 saturated carbocycles. The molecule has 2 N–H and O–H groups in total. The summed E-state index contributed by atoms with van der Waals surface area (Å²) in [6.45, 7) is 3.75. The molecule has 0 aliphatic carbocycles.